The molecule has 1 aliphatic heterocycles. The Morgan fingerprint density at radius 1 is 0.778 bits per heavy atom. The Kier molecular flexibility index (Phi) is 4.18. The van der Waals surface area contributed by atoms with Gasteiger partial charge in [-0.15, -0.1) is 0 Å². The number of hydrogen-bond acceptors (Lipinski definition) is 3. The number of benzene rings is 2. The van der Waals surface area contributed by atoms with Crippen LogP contribution in [0, 0.1) is 0 Å². The molecule has 1 saturated heterocycles. The second-order valence-electron chi connectivity index (χ2n) is 5.67. The van der Waals surface area contributed by atoms with Crippen LogP contribution in [-0.2, 0) is 4.79 Å². The molecule has 3 amide bonds. The van der Waals surface area contributed by atoms with E-state index >= 15 is 0 Å². The topological polar surface area (TPSA) is 60.9 Å². The molecule has 1 heterocycles. The first-order valence-corrected chi connectivity index (χ1v) is 7.49. The summed E-state index contributed by atoms with van der Waals surface area (Å²) < 4.78 is 67.6. The van der Waals surface area contributed by atoms with Crippen molar-refractivity contribution in [2.24, 2.45) is 0 Å². The molecule has 0 spiro atoms. The van der Waals surface area contributed by atoms with Crippen molar-refractivity contribution in [1.82, 2.24) is 0 Å². The first-order chi connectivity index (χ1) is 12.5. The molecule has 1 aliphatic rings. The lowest BCUT2D eigenvalue weighted by Gasteiger charge is -2.36. The number of aliphatic hydroxyl groups is 1. The van der Waals surface area contributed by atoms with E-state index in [4.69, 9.17) is 0 Å². The fourth-order valence-corrected chi connectivity index (χ4v) is 2.73. The molecule has 2 aromatic rings. The predicted octanol–water partition coefficient (Wildman–Crippen LogP) is 3.55. The van der Waals surface area contributed by atoms with E-state index in [0.717, 1.165) is 24.3 Å². The third-order valence-electron chi connectivity index (χ3n) is 4.03. The van der Waals surface area contributed by atoms with Crippen LogP contribution in [-0.4, -0.2) is 34.9 Å². The average Bonchev–Trinajstić information content (AvgIpc) is 2.83. The normalized spacial score (nSPS) is 21.1. The molecule has 1 fully saturated rings. The number of para-hydroxylation sites is 2. The van der Waals surface area contributed by atoms with E-state index < -0.39 is 35.4 Å². The van der Waals surface area contributed by atoms with Crippen molar-refractivity contribution in [2.75, 3.05) is 9.80 Å². The number of amides is 3. The summed E-state index contributed by atoms with van der Waals surface area (Å²) in [7, 11) is 0. The summed E-state index contributed by atoms with van der Waals surface area (Å²) in [6.45, 7) is 0. The van der Waals surface area contributed by atoms with E-state index in [2.05, 4.69) is 0 Å². The molecule has 1 N–H and O–H groups in total. The molecule has 0 aliphatic carbocycles. The van der Waals surface area contributed by atoms with Crippen LogP contribution in [0.1, 0.15) is 0 Å². The second-order valence-corrected chi connectivity index (χ2v) is 5.67. The lowest BCUT2D eigenvalue weighted by Crippen LogP contribution is -2.68. The second kappa shape index (κ2) is 6.02. The smallest absolute Gasteiger partial charge is 0.358 e. The van der Waals surface area contributed by atoms with Gasteiger partial charge in [-0.25, -0.2) is 9.69 Å². The Labute approximate surface area is 149 Å². The third-order valence-corrected chi connectivity index (χ3v) is 4.03. The molecule has 142 valence electrons. The van der Waals surface area contributed by atoms with Crippen LogP contribution >= 0.6 is 0 Å². The monoisotopic (exact) mass is 386 g/mol. The van der Waals surface area contributed by atoms with Gasteiger partial charge < -0.3 is 5.11 Å². The minimum absolute atomic E-state index is 0.0899. The van der Waals surface area contributed by atoms with E-state index in [1.54, 1.807) is 0 Å². The van der Waals surface area contributed by atoms with Gasteiger partial charge in [0.2, 0.25) is 0 Å². The first kappa shape index (κ1) is 18.8. The Morgan fingerprint density at radius 3 is 1.67 bits per heavy atom. The van der Waals surface area contributed by atoms with Crippen LogP contribution in [0.4, 0.5) is 38.1 Å². The molecule has 27 heavy (non-hydrogen) atoms. The molecule has 0 saturated carbocycles. The zero-order chi connectivity index (χ0) is 20.0. The van der Waals surface area contributed by atoms with Crippen molar-refractivity contribution in [1.29, 1.82) is 0 Å². The molecule has 0 aromatic heterocycles. The summed E-state index contributed by atoms with van der Waals surface area (Å²) in [5, 5.41) is 10.4. The maximum Gasteiger partial charge on any atom is 0.459 e. The van der Waals surface area contributed by atoms with Gasteiger partial charge >= 0.3 is 23.9 Å². The summed E-state index contributed by atoms with van der Waals surface area (Å²) >= 11 is 0. The molecule has 1 atom stereocenters. The number of rotatable bonds is 3. The number of urea groups is 1. The molecular formula is C17H11F5N2O3. The fraction of sp³-hybridized carbons (Fsp3) is 0.176. The van der Waals surface area contributed by atoms with Crippen LogP contribution in [0.3, 0.4) is 0 Å². The highest BCUT2D eigenvalue weighted by atomic mass is 19.4. The van der Waals surface area contributed by atoms with Crippen LogP contribution in [0.15, 0.2) is 60.7 Å². The van der Waals surface area contributed by atoms with Crippen molar-refractivity contribution in [3.63, 3.8) is 0 Å². The largest absolute Gasteiger partial charge is 0.459 e. The maximum absolute atomic E-state index is 14.3. The summed E-state index contributed by atoms with van der Waals surface area (Å²) in [5.41, 5.74) is -5.25. The number of hydrogen-bond donors (Lipinski definition) is 1. The van der Waals surface area contributed by atoms with E-state index in [0.29, 0.717) is 0 Å². The minimum Gasteiger partial charge on any atom is -0.358 e. The SMILES string of the molecule is O=C1N(c2ccccc2)C(=O)C(O)(C(F)(F)C(F)(F)F)N1c1ccccc1. The van der Waals surface area contributed by atoms with Crippen LogP contribution in [0.2, 0.25) is 0 Å². The molecule has 0 bridgehead atoms. The Morgan fingerprint density at radius 2 is 1.22 bits per heavy atom. The summed E-state index contributed by atoms with van der Waals surface area (Å²) in [5.74, 6) is -8.04. The zero-order valence-electron chi connectivity index (χ0n) is 13.3. The van der Waals surface area contributed by atoms with Gasteiger partial charge in [0.1, 0.15) is 0 Å². The maximum atomic E-state index is 14.3. The van der Waals surface area contributed by atoms with Gasteiger partial charge in [-0.05, 0) is 24.3 Å². The van der Waals surface area contributed by atoms with Gasteiger partial charge in [-0.2, -0.15) is 22.0 Å². The Bertz CT molecular complexity index is 873. The molecule has 0 radical (unpaired) electrons. The number of carbonyl (C=O) groups is 2. The standard InChI is InChI=1S/C17H11F5N2O3/c18-16(19,17(20,21)22)15(27)13(25)23(11-7-3-1-4-8-11)14(26)24(15)12-9-5-2-6-10-12/h1-10,27H. The lowest BCUT2D eigenvalue weighted by molar-refractivity contribution is -0.329. The lowest BCUT2D eigenvalue weighted by atomic mass is 10.0. The van der Waals surface area contributed by atoms with Gasteiger partial charge in [0.25, 0.3) is 5.91 Å². The number of anilines is 2. The molecular weight excluding hydrogens is 375 g/mol. The van der Waals surface area contributed by atoms with Crippen molar-refractivity contribution < 1.29 is 36.6 Å². The highest BCUT2D eigenvalue weighted by molar-refractivity contribution is 6.30. The van der Waals surface area contributed by atoms with Gasteiger partial charge in [-0.1, -0.05) is 36.4 Å². The van der Waals surface area contributed by atoms with Crippen LogP contribution in [0.5, 0.6) is 0 Å². The molecule has 1 unspecified atom stereocenters. The van der Waals surface area contributed by atoms with Crippen LogP contribution < -0.4 is 9.80 Å². The van der Waals surface area contributed by atoms with Gasteiger partial charge in [-0.3, -0.25) is 9.69 Å². The number of carbonyl (C=O) groups excluding carboxylic acids is 2. The first-order valence-electron chi connectivity index (χ1n) is 7.49. The molecule has 5 nitrogen and oxygen atoms in total. The van der Waals surface area contributed by atoms with Crippen molar-refractivity contribution in [3.8, 4) is 0 Å². The molecule has 3 rings (SSSR count). The Hall–Kier alpha value is -3.01. The Balaban J connectivity index is 2.25. The number of alkyl halides is 5. The predicted molar refractivity (Wildman–Crippen MR) is 84.2 cm³/mol. The van der Waals surface area contributed by atoms with E-state index in [1.807, 2.05) is 0 Å². The van der Waals surface area contributed by atoms with E-state index in [9.17, 15) is 36.6 Å². The molecule has 2 aromatic carbocycles. The summed E-state index contributed by atoms with van der Waals surface area (Å²) in [6.07, 6.45) is -6.29. The average molecular weight is 386 g/mol. The van der Waals surface area contributed by atoms with Crippen molar-refractivity contribution >= 4 is 23.3 Å². The van der Waals surface area contributed by atoms with Crippen molar-refractivity contribution in [2.45, 2.75) is 17.8 Å². The van der Waals surface area contributed by atoms with E-state index in [1.165, 1.54) is 36.4 Å². The summed E-state index contributed by atoms with van der Waals surface area (Å²) in [4.78, 5) is 25.1. The van der Waals surface area contributed by atoms with Crippen LogP contribution in [0.25, 0.3) is 0 Å². The fourth-order valence-electron chi connectivity index (χ4n) is 2.73. The van der Waals surface area contributed by atoms with Gasteiger partial charge in [0.15, 0.2) is 0 Å². The third kappa shape index (κ3) is 2.55. The minimum atomic E-state index is -6.29. The number of nitrogens with zero attached hydrogens (tertiary/aromatic N) is 2. The molecule has 10 heteroatoms. The number of halogens is 5. The summed E-state index contributed by atoms with van der Waals surface area (Å²) in [6, 6.07) is 10.9. The number of imide groups is 1. The quantitative estimate of drug-likeness (QED) is 0.648. The van der Waals surface area contributed by atoms with Gasteiger partial charge in [0, 0.05) is 5.69 Å². The van der Waals surface area contributed by atoms with Gasteiger partial charge in [0.05, 0.1) is 5.69 Å². The highest BCUT2D eigenvalue weighted by Gasteiger charge is 2.80. The highest BCUT2D eigenvalue weighted by Crippen LogP contribution is 2.50. The zero-order valence-corrected chi connectivity index (χ0v) is 13.3. The van der Waals surface area contributed by atoms with E-state index in [-0.39, 0.29) is 15.5 Å². The van der Waals surface area contributed by atoms with Crippen molar-refractivity contribution in [3.05, 3.63) is 60.7 Å².